The summed E-state index contributed by atoms with van der Waals surface area (Å²) in [5, 5.41) is 15.8. The largest absolute Gasteiger partial charge is 0.367 e. The molecule has 8 aliphatic rings. The molecule has 4 N–H and O–H groups in total. The molecule has 0 saturated carbocycles. The first-order chi connectivity index (χ1) is 54.4. The highest BCUT2D eigenvalue weighted by Gasteiger charge is 2.41. The van der Waals surface area contributed by atoms with Crippen molar-refractivity contribution in [3.05, 3.63) is 301 Å². The second-order valence-corrected chi connectivity index (χ2v) is 31.4. The van der Waals surface area contributed by atoms with E-state index in [1.807, 2.05) is 45.7 Å². The van der Waals surface area contributed by atoms with Crippen molar-refractivity contribution in [3.63, 3.8) is 0 Å². The maximum absolute atomic E-state index is 13.4. The third-order valence-electron chi connectivity index (χ3n) is 21.1. The van der Waals surface area contributed by atoms with Gasteiger partial charge in [-0.2, -0.15) is 0 Å². The standard InChI is InChI=1S/C23H23Cl2N3O2.C22H21Cl2N3O2.C21H19Cl2N3O2.C21H19ClN2O2/c1-14(2)27-9-11-28(12-10-27)21-20(26-15-7-8-18(24)19(25)13-15)22(29)16-5-3-4-6-17(16)23(21)30;1-2-26-9-11-27(12-10-26)20-19(25-14-7-8-17(23)18(24)13-14)21(28)15-5-3-4-6-16(15)22(20)29;1-25-8-10-26(11-9-25)19-18(24-13-6-7-16(22)17(23)12-13)20(27)14-4-2-3-5-15(14)21(19)28;1-13-12-14(8-9-17(13)22)23-18-19(24-10-4-5-11-24)21(26)16-7-3-2-6-15(16)20(18)25/h3-8,13-14,26H,9-12H2,1-2H3;3-8,13,25H,2,9-12H2,1H3;2-7,12,24H,8-11H2,1H3;2-3,6-9,12,23H,4-5,10-11H2,1H3. The van der Waals surface area contributed by atoms with Crippen LogP contribution in [0.3, 0.4) is 0 Å². The molecule has 8 aromatic rings. The number of carbonyl (C=O) groups excluding carboxylic acids is 8. The summed E-state index contributed by atoms with van der Waals surface area (Å²) in [6, 6.07) is 49.0. The topological polar surface area (TPSA) is 207 Å². The van der Waals surface area contributed by atoms with Gasteiger partial charge in [0.25, 0.3) is 0 Å². The Kier molecular flexibility index (Phi) is 25.8. The number of anilines is 4. The molecule has 4 heterocycles. The lowest BCUT2D eigenvalue weighted by atomic mass is 9.89. The number of aryl methyl sites for hydroxylation is 1. The minimum absolute atomic E-state index is 0.0877. The van der Waals surface area contributed by atoms with Crippen molar-refractivity contribution in [3.8, 4) is 0 Å². The fourth-order valence-electron chi connectivity index (χ4n) is 14.9. The average molecular weight is 1660 g/mol. The number of halogens is 7. The van der Waals surface area contributed by atoms with E-state index in [-0.39, 0.29) is 63.4 Å². The van der Waals surface area contributed by atoms with Gasteiger partial charge in [-0.25, -0.2) is 0 Å². The van der Waals surface area contributed by atoms with Crippen LogP contribution in [0.25, 0.3) is 0 Å². The maximum atomic E-state index is 13.4. The van der Waals surface area contributed by atoms with E-state index in [0.29, 0.717) is 171 Å². The number of Topliss-reactive ketones (excluding diaryl/α,β-unsaturated/α-hetero) is 8. The minimum Gasteiger partial charge on any atom is -0.367 e. The van der Waals surface area contributed by atoms with Crippen LogP contribution in [-0.2, 0) is 0 Å². The number of carbonyl (C=O) groups is 8. The molecule has 4 aliphatic carbocycles. The van der Waals surface area contributed by atoms with Crippen LogP contribution in [0, 0.1) is 6.92 Å². The van der Waals surface area contributed by atoms with Gasteiger partial charge in [0.05, 0.1) is 30.1 Å². The van der Waals surface area contributed by atoms with Gasteiger partial charge in [0.1, 0.15) is 45.6 Å². The van der Waals surface area contributed by atoms with E-state index in [1.165, 1.54) is 0 Å². The van der Waals surface area contributed by atoms with Crippen LogP contribution in [0.4, 0.5) is 22.7 Å². The van der Waals surface area contributed by atoms with E-state index in [4.69, 9.17) is 81.2 Å². The Balaban J connectivity index is 0.000000132. The van der Waals surface area contributed by atoms with Crippen LogP contribution in [0.1, 0.15) is 122 Å². The van der Waals surface area contributed by atoms with Crippen molar-refractivity contribution in [1.29, 1.82) is 0 Å². The first-order valence-electron chi connectivity index (χ1n) is 37.4. The van der Waals surface area contributed by atoms with Crippen molar-refractivity contribution < 1.29 is 38.4 Å². The Bertz CT molecular complexity index is 5280. The number of hydrogen-bond acceptors (Lipinski definition) is 19. The molecule has 113 heavy (non-hydrogen) atoms. The number of rotatable bonds is 14. The number of nitrogens with zero attached hydrogens (tertiary/aromatic N) is 7. The fraction of sp³-hybridized carbons (Fsp3) is 0.264. The van der Waals surface area contributed by atoms with Crippen molar-refractivity contribution in [2.75, 3.05) is 126 Å². The Morgan fingerprint density at radius 1 is 0.310 bits per heavy atom. The molecule has 26 heteroatoms. The summed E-state index contributed by atoms with van der Waals surface area (Å²) in [7, 11) is 2.05. The molecule has 0 spiro atoms. The lowest BCUT2D eigenvalue weighted by Crippen LogP contribution is -2.50. The van der Waals surface area contributed by atoms with Gasteiger partial charge in [0, 0.05) is 170 Å². The zero-order chi connectivity index (χ0) is 80.1. The molecule has 4 saturated heterocycles. The van der Waals surface area contributed by atoms with Gasteiger partial charge in [-0.05, 0) is 126 Å². The van der Waals surface area contributed by atoms with Gasteiger partial charge < -0.3 is 50.7 Å². The minimum atomic E-state index is -0.199. The summed E-state index contributed by atoms with van der Waals surface area (Å²) in [6.07, 6.45) is 2.06. The number of likely N-dealkylation sites (tertiary alicyclic amines) is 1. The van der Waals surface area contributed by atoms with Crippen molar-refractivity contribution >= 4 is 150 Å². The number of ketones is 8. The molecule has 8 aromatic carbocycles. The maximum Gasteiger partial charge on any atom is 0.212 e. The van der Waals surface area contributed by atoms with Crippen LogP contribution < -0.4 is 21.3 Å². The number of piperazine rings is 3. The highest BCUT2D eigenvalue weighted by molar-refractivity contribution is 6.43. The number of allylic oxidation sites excluding steroid dienone is 8. The smallest absolute Gasteiger partial charge is 0.212 e. The van der Waals surface area contributed by atoms with Crippen molar-refractivity contribution in [1.82, 2.24) is 34.3 Å². The summed E-state index contributed by atoms with van der Waals surface area (Å²) >= 11 is 42.6. The number of hydrogen-bond donors (Lipinski definition) is 4. The third-order valence-corrected chi connectivity index (χ3v) is 23.8. The normalized spacial score (nSPS) is 17.5. The summed E-state index contributed by atoms with van der Waals surface area (Å²) in [6.45, 7) is 20.1. The van der Waals surface area contributed by atoms with Gasteiger partial charge in [0.15, 0.2) is 0 Å². The van der Waals surface area contributed by atoms with Crippen LogP contribution in [-0.4, -0.2) is 192 Å². The van der Waals surface area contributed by atoms with E-state index in [9.17, 15) is 38.4 Å². The molecule has 0 radical (unpaired) electrons. The average Bonchev–Trinajstić information content (AvgIpc) is 1.42. The lowest BCUT2D eigenvalue weighted by Gasteiger charge is -2.40. The van der Waals surface area contributed by atoms with Gasteiger partial charge in [-0.1, -0.05) is 185 Å². The number of likely N-dealkylation sites (N-methyl/N-ethyl adjacent to an activating group) is 2. The highest BCUT2D eigenvalue weighted by Crippen LogP contribution is 2.39. The lowest BCUT2D eigenvalue weighted by molar-refractivity contribution is 0.0882. The molecule has 4 aliphatic heterocycles. The molecule has 4 fully saturated rings. The summed E-state index contributed by atoms with van der Waals surface area (Å²) in [4.78, 5) is 121. The fourth-order valence-corrected chi connectivity index (χ4v) is 15.9. The molecule has 0 aromatic heterocycles. The van der Waals surface area contributed by atoms with E-state index in [0.717, 1.165) is 83.0 Å². The quantitative estimate of drug-likeness (QED) is 0.0798. The summed E-state index contributed by atoms with van der Waals surface area (Å²) in [5.74, 6) is -1.22. The van der Waals surface area contributed by atoms with Crippen LogP contribution in [0.5, 0.6) is 0 Å². The van der Waals surface area contributed by atoms with Crippen molar-refractivity contribution in [2.45, 2.75) is 46.6 Å². The first-order valence-corrected chi connectivity index (χ1v) is 40.1. The number of fused-ring (bicyclic) bond motifs is 4. The van der Waals surface area contributed by atoms with Crippen LogP contribution >= 0.6 is 81.2 Å². The Hall–Kier alpha value is -9.61. The molecule has 16 rings (SSSR count). The van der Waals surface area contributed by atoms with Gasteiger partial charge >= 0.3 is 0 Å². The molecule has 0 unspecified atom stereocenters. The SMILES string of the molecule is CC(C)N1CCN(C2=C(Nc3ccc(Cl)c(Cl)c3)C(=O)c3ccccc3C2=O)CC1.CCN1CCN(C2=C(Nc3ccc(Cl)c(Cl)c3)C(=O)c3ccccc3C2=O)CC1.CN1CCN(C2=C(Nc3ccc(Cl)c(Cl)c3)C(=O)c3ccccc3C2=O)CC1.Cc1cc(NC2=C(N3CCCC3)C(=O)c3ccccc3C2=O)ccc1Cl. The predicted octanol–water partition coefficient (Wildman–Crippen LogP) is 17.4. The second-order valence-electron chi connectivity index (χ2n) is 28.6. The molecule has 0 bridgehead atoms. The van der Waals surface area contributed by atoms with Gasteiger partial charge in [-0.3, -0.25) is 43.3 Å². The molecule has 19 nitrogen and oxygen atoms in total. The highest BCUT2D eigenvalue weighted by atomic mass is 35.5. The Morgan fingerprint density at radius 2 is 0.566 bits per heavy atom. The molecular formula is C87H82Cl7N11O8. The third kappa shape index (κ3) is 17.7. The van der Waals surface area contributed by atoms with Gasteiger partial charge in [0.2, 0.25) is 46.3 Å². The zero-order valence-corrected chi connectivity index (χ0v) is 68.1. The number of nitrogens with one attached hydrogen (secondary N) is 4. The molecule has 582 valence electrons. The van der Waals surface area contributed by atoms with E-state index in [2.05, 4.69) is 56.7 Å². The second kappa shape index (κ2) is 35.8. The molecule has 0 atom stereocenters. The molecular weight excluding hydrogens is 1580 g/mol. The van der Waals surface area contributed by atoms with E-state index >= 15 is 0 Å². The van der Waals surface area contributed by atoms with E-state index < -0.39 is 0 Å². The van der Waals surface area contributed by atoms with Gasteiger partial charge in [-0.15, -0.1) is 0 Å². The monoisotopic (exact) mass is 1650 g/mol. The summed E-state index contributed by atoms with van der Waals surface area (Å²) < 4.78 is 0. The zero-order valence-electron chi connectivity index (χ0n) is 62.8. The summed E-state index contributed by atoms with van der Waals surface area (Å²) in [5.41, 5.74) is 9.98. The number of benzene rings is 8. The first kappa shape index (κ1) is 81.4. The molecule has 0 amide bonds. The predicted molar refractivity (Wildman–Crippen MR) is 450 cm³/mol. The Morgan fingerprint density at radius 3 is 0.841 bits per heavy atom. The van der Waals surface area contributed by atoms with E-state index in [1.54, 1.807) is 158 Å². The van der Waals surface area contributed by atoms with Crippen molar-refractivity contribution in [2.24, 2.45) is 0 Å². The van der Waals surface area contributed by atoms with Crippen LogP contribution in [0.15, 0.2) is 215 Å². The Labute approximate surface area is 691 Å². The van der Waals surface area contributed by atoms with Crippen LogP contribution in [0.2, 0.25) is 35.2 Å².